The van der Waals surface area contributed by atoms with Gasteiger partial charge in [-0.25, -0.2) is 0 Å². The second-order valence-corrected chi connectivity index (χ2v) is 37.3. The summed E-state index contributed by atoms with van der Waals surface area (Å²) in [4.78, 5) is 235. The number of carbonyl (C=O) groups is 17. The van der Waals surface area contributed by atoms with Gasteiger partial charge in [0.05, 0.1) is 45.2 Å². The van der Waals surface area contributed by atoms with Crippen LogP contribution in [0.25, 0.3) is 0 Å². The standard InChI is InChI=1S/C80H136N18O16.C2HF3O2/c1-48(2)42-52(47-95-38-29-37-94-36-28-33-61(94)95)84-68(109)75(10,11)88-63(104)54(44-50(5)6)85-59(101)45-83-67(108)74(8,9)89-65(106)56-31-24-27-41-98(56)73(114)80(20,21)93-70(111)77(14,15)87-60(102)46-82-58(100)34-35-81-62(103)53(43-49(3)4)86-69(110)76(12,13)92-71(112)78(16,17)90-66(107)57-32-23-26-40-97(57)72(113)79(18,19)91-64(105)55-30-22-25-39-96(55)51(7)99;3-2(4,5)1(6)7/h48-50,52-57H,22-47H2,1-21H3,(H12-,81,82,83,84,85,86,87,88,89,90,91,92,93,100,101,102,103,104,105,106,107,108,109,110,111,112);(H,6,7)/t52-,53-,54-,55-,56-,57-;/m0./s1. The number of amides is 16. The third kappa shape index (κ3) is 31.6. The van der Waals surface area contributed by atoms with Crippen LogP contribution in [0.3, 0.4) is 0 Å². The summed E-state index contributed by atoms with van der Waals surface area (Å²) in [6.45, 7) is 36.6. The topological polar surface area (TPSA) is 486 Å². The van der Waals surface area contributed by atoms with E-state index in [1.54, 1.807) is 27.7 Å². The predicted molar refractivity (Wildman–Crippen MR) is 439 cm³/mol. The number of carboxylic acid groups (broad SMARTS) is 1. The molecule has 0 aromatic rings. The van der Waals surface area contributed by atoms with E-state index >= 15 is 0 Å². The van der Waals surface area contributed by atoms with Gasteiger partial charge < -0.3 is 93.7 Å². The number of hydrogen-bond donors (Lipinski definition) is 13. The normalized spacial score (nSPS) is 18.3. The second-order valence-electron chi connectivity index (χ2n) is 37.3. The van der Waals surface area contributed by atoms with E-state index in [9.17, 15) is 89.9 Å². The first kappa shape index (κ1) is 104. The molecule has 0 saturated carbocycles. The van der Waals surface area contributed by atoms with Gasteiger partial charge in [0.15, 0.2) is 0 Å². The van der Waals surface area contributed by atoms with Gasteiger partial charge in [-0.3, -0.25) is 86.2 Å². The summed E-state index contributed by atoms with van der Waals surface area (Å²) in [5.74, 6) is -11.5. The first-order valence-corrected chi connectivity index (χ1v) is 42.2. The molecule has 0 spiro atoms. The molecule has 0 radical (unpaired) electrons. The first-order valence-electron chi connectivity index (χ1n) is 42.2. The summed E-state index contributed by atoms with van der Waals surface area (Å²) < 4.78 is 34.0. The molecule has 0 aliphatic carbocycles. The molecule has 121 heavy (non-hydrogen) atoms. The van der Waals surface area contributed by atoms with E-state index in [-0.39, 0.29) is 81.4 Å². The third-order valence-corrected chi connectivity index (χ3v) is 21.7. The Labute approximate surface area is 709 Å². The Morgan fingerprint density at radius 1 is 0.413 bits per heavy atom. The van der Waals surface area contributed by atoms with Crippen molar-refractivity contribution in [2.24, 2.45) is 17.8 Å². The highest BCUT2D eigenvalue weighted by atomic mass is 19.4. The van der Waals surface area contributed by atoms with Crippen LogP contribution in [0.2, 0.25) is 0 Å². The van der Waals surface area contributed by atoms with Crippen LogP contribution in [0.5, 0.6) is 0 Å². The Morgan fingerprint density at radius 3 is 1.29 bits per heavy atom. The molecule has 5 heterocycles. The highest BCUT2D eigenvalue weighted by molar-refractivity contribution is 6.02. The largest absolute Gasteiger partial charge is 0.542 e. The number of halogens is 3. The first-order chi connectivity index (χ1) is 55.7. The Hall–Kier alpha value is -9.75. The number of carboxylic acids is 1. The molecule has 5 rings (SSSR count). The highest BCUT2D eigenvalue weighted by Gasteiger charge is 2.48. The van der Waals surface area contributed by atoms with Gasteiger partial charge in [-0.15, -0.1) is 0 Å². The molecule has 684 valence electrons. The van der Waals surface area contributed by atoms with Gasteiger partial charge in [0.2, 0.25) is 100 Å². The Balaban J connectivity index is 0.00000419. The number of alkyl halides is 3. The summed E-state index contributed by atoms with van der Waals surface area (Å²) in [5, 5.41) is 44.1. The number of aliphatic carboxylic acids is 1. The van der Waals surface area contributed by atoms with Crippen LogP contribution in [-0.2, 0) is 81.5 Å². The van der Waals surface area contributed by atoms with Crippen LogP contribution in [0, 0.1) is 17.8 Å². The minimum atomic E-state index is -5.19. The van der Waals surface area contributed by atoms with E-state index in [1.807, 2.05) is 27.7 Å². The fourth-order valence-corrected chi connectivity index (χ4v) is 15.0. The van der Waals surface area contributed by atoms with Crippen molar-refractivity contribution >= 4 is 106 Å². The molecule has 6 atom stereocenters. The number of rotatable bonds is 37. The Morgan fingerprint density at radius 2 is 0.810 bits per heavy atom. The lowest BCUT2D eigenvalue weighted by Crippen LogP contribution is -2.67. The van der Waals surface area contributed by atoms with Gasteiger partial charge in [0.25, 0.3) is 0 Å². The lowest BCUT2D eigenvalue weighted by Gasteiger charge is -2.42. The predicted octanol–water partition coefficient (Wildman–Crippen LogP) is -0.0463. The van der Waals surface area contributed by atoms with Crippen molar-refractivity contribution < 1.29 is 104 Å². The molecule has 3 saturated heterocycles. The quantitative estimate of drug-likeness (QED) is 0.0363. The van der Waals surface area contributed by atoms with Crippen molar-refractivity contribution in [1.82, 2.24) is 88.7 Å². The van der Waals surface area contributed by atoms with Gasteiger partial charge in [-0.05, 0) is 198 Å². The van der Waals surface area contributed by atoms with Crippen LogP contribution < -0.4 is 74.2 Å². The van der Waals surface area contributed by atoms with Crippen LogP contribution in [0.4, 0.5) is 13.2 Å². The molecule has 0 bridgehead atoms. The van der Waals surface area contributed by atoms with Crippen molar-refractivity contribution in [3.63, 3.8) is 0 Å². The Bertz CT molecular complexity index is 3820. The minimum Gasteiger partial charge on any atom is -0.542 e. The number of nitrogens with one attached hydrogen (secondary N) is 13. The van der Waals surface area contributed by atoms with Crippen molar-refractivity contribution in [3.05, 3.63) is 0 Å². The van der Waals surface area contributed by atoms with E-state index in [2.05, 4.69) is 92.4 Å². The smallest absolute Gasteiger partial charge is 0.430 e. The van der Waals surface area contributed by atoms with E-state index in [4.69, 9.17) is 9.90 Å². The SMILES string of the molecule is CC(=O)N1CCCC[C@H]1C(=O)NC(C)(C)C(=O)N1CCCC[C@H]1C(=O)NC(C)(C)C(=O)NC(C)(C)C(=O)N[C@@H](CC(C)C)C(=O)NCCC(=O)NCC(=O)NC(C)(C)C(=O)NC(C)(C)C(=O)N1CCCC[C@H]1C(=O)NC(C)(C)C(=O)NCC(=O)N[C@@H](CC(C)C)C(=O)NC(C)(C)C(=O)N[C@@H](CC(C)C)CN1CCC[N+]2=C1CCC2.O=C([O-])C(F)(F)F. The molecule has 36 nitrogen and oxygen atoms in total. The van der Waals surface area contributed by atoms with E-state index in [0.29, 0.717) is 51.1 Å². The maximum atomic E-state index is 14.4. The van der Waals surface area contributed by atoms with Gasteiger partial charge in [-0.1, -0.05) is 41.5 Å². The molecule has 0 aromatic carbocycles. The average Bonchev–Trinajstić information content (AvgIpc) is 1.31. The number of carbonyl (C=O) groups excluding carboxylic acids is 17. The van der Waals surface area contributed by atoms with Crippen molar-refractivity contribution in [2.45, 2.75) is 329 Å². The van der Waals surface area contributed by atoms with E-state index in [0.717, 1.165) is 58.2 Å². The minimum absolute atomic E-state index is 0.0599. The van der Waals surface area contributed by atoms with E-state index < -0.39 is 177 Å². The summed E-state index contributed by atoms with van der Waals surface area (Å²) in [7, 11) is 0. The fourth-order valence-electron chi connectivity index (χ4n) is 15.0. The number of nitrogens with zero attached hydrogens (tertiary/aromatic N) is 5. The summed E-state index contributed by atoms with van der Waals surface area (Å²) in [5.41, 5.74) is -11.1. The summed E-state index contributed by atoms with van der Waals surface area (Å²) in [6, 6.07) is -5.20. The number of likely N-dealkylation sites (tertiary alicyclic amines) is 3. The number of hydrogen-bond acceptors (Lipinski definition) is 19. The molecule has 39 heteroatoms. The van der Waals surface area contributed by atoms with Crippen molar-refractivity contribution in [2.75, 3.05) is 65.4 Å². The molecule has 13 N–H and O–H groups in total. The van der Waals surface area contributed by atoms with E-state index in [1.165, 1.54) is 96.7 Å². The van der Waals surface area contributed by atoms with Crippen molar-refractivity contribution in [3.8, 4) is 0 Å². The lowest BCUT2D eigenvalue weighted by atomic mass is 9.93. The molecular formula is C82H137F3N18O18. The molecular weight excluding hydrogens is 1580 g/mol. The molecule has 5 aliphatic heterocycles. The van der Waals surface area contributed by atoms with Crippen LogP contribution in [-0.4, -0.2) is 277 Å². The fraction of sp³-hybridized carbons (Fsp3) is 0.780. The van der Waals surface area contributed by atoms with Gasteiger partial charge in [0, 0.05) is 45.9 Å². The summed E-state index contributed by atoms with van der Waals surface area (Å²) >= 11 is 0. The number of piperidine rings is 3. The lowest BCUT2D eigenvalue weighted by molar-refractivity contribution is -0.530. The average molecular weight is 1720 g/mol. The monoisotopic (exact) mass is 1720 g/mol. The van der Waals surface area contributed by atoms with Crippen LogP contribution >= 0.6 is 0 Å². The Kier molecular flexibility index (Phi) is 37.5. The highest BCUT2D eigenvalue weighted by Crippen LogP contribution is 2.28. The second kappa shape index (κ2) is 43.8. The molecule has 0 aromatic heterocycles. The van der Waals surface area contributed by atoms with Gasteiger partial charge in [0.1, 0.15) is 81.5 Å². The van der Waals surface area contributed by atoms with Gasteiger partial charge in [-0.2, -0.15) is 13.2 Å². The zero-order chi connectivity index (χ0) is 92.1. The zero-order valence-electron chi connectivity index (χ0n) is 74.8. The maximum Gasteiger partial charge on any atom is 0.430 e. The summed E-state index contributed by atoms with van der Waals surface area (Å²) in [6.07, 6.45) is 3.45. The maximum absolute atomic E-state index is 14.4. The molecule has 5 aliphatic rings. The third-order valence-electron chi connectivity index (χ3n) is 21.7. The molecule has 3 fully saturated rings. The molecule has 16 amide bonds. The van der Waals surface area contributed by atoms with Gasteiger partial charge >= 0.3 is 6.18 Å². The van der Waals surface area contributed by atoms with Crippen LogP contribution in [0.1, 0.15) is 248 Å². The molecule has 0 unspecified atom stereocenters. The van der Waals surface area contributed by atoms with Crippen LogP contribution in [0.15, 0.2) is 0 Å². The number of amidine groups is 1. The van der Waals surface area contributed by atoms with Crippen molar-refractivity contribution in [1.29, 1.82) is 0 Å². The zero-order valence-corrected chi connectivity index (χ0v) is 74.8.